The summed E-state index contributed by atoms with van der Waals surface area (Å²) in [5, 5.41) is 25.3. The molecule has 0 aliphatic carbocycles. The van der Waals surface area contributed by atoms with Gasteiger partial charge in [0.2, 0.25) is 35.4 Å². The smallest absolute Gasteiger partial charge is 0.264 e. The average molecular weight is 1080 g/mol. The average Bonchev–Trinajstić information content (AvgIpc) is 4.13. The number of unbranched alkanes of at least 4 members (excludes halogenated alkanes) is 2. The van der Waals surface area contributed by atoms with Crippen molar-refractivity contribution >= 4 is 67.1 Å². The highest BCUT2D eigenvalue weighted by Gasteiger charge is 2.58. The summed E-state index contributed by atoms with van der Waals surface area (Å²) in [5.41, 5.74) is 1.81. The van der Waals surface area contributed by atoms with E-state index in [-0.39, 0.29) is 96.8 Å². The molecule has 8 atom stereocenters. The van der Waals surface area contributed by atoms with Crippen LogP contribution in [0.25, 0.3) is 0 Å². The van der Waals surface area contributed by atoms with E-state index in [1.54, 1.807) is 42.8 Å². The third kappa shape index (κ3) is 18.7. The molecule has 7 N–H and O–H groups in total. The van der Waals surface area contributed by atoms with Gasteiger partial charge in [0.15, 0.2) is 0 Å². The number of hydrogen-bond acceptors (Lipinski definition) is 12. The molecule has 1 radical (unpaired) electrons. The van der Waals surface area contributed by atoms with Gasteiger partial charge in [-0.2, -0.15) is 0 Å². The maximum atomic E-state index is 13.1. The van der Waals surface area contributed by atoms with E-state index in [0.717, 1.165) is 24.8 Å². The summed E-state index contributed by atoms with van der Waals surface area (Å²) in [6.45, 7) is 8.63. The number of para-hydroxylation sites is 1. The van der Waals surface area contributed by atoms with Gasteiger partial charge in [-0.25, -0.2) is 13.1 Å². The number of halogens is 1. The van der Waals surface area contributed by atoms with E-state index in [1.807, 2.05) is 26.8 Å². The first-order valence-electron chi connectivity index (χ1n) is 24.5. The topological polar surface area (TPSA) is 260 Å². The molecule has 3 saturated heterocycles. The number of amides is 6. The molecule has 2 aromatic carbocycles. The molecule has 393 valence electrons. The summed E-state index contributed by atoms with van der Waals surface area (Å²) in [6, 6.07) is 12.5. The summed E-state index contributed by atoms with van der Waals surface area (Å²) in [6.07, 6.45) is 12.5. The zero-order chi connectivity index (χ0) is 52.3. The molecular weight excluding hydrogens is 1010 g/mol. The first-order valence-corrected chi connectivity index (χ1v) is 27.1. The standard InChI is InChI=1S/C52H70BrN6O12S/c1-5-6-14-46(61)58-42-27-35(3)43(70-36(42)4)23-16-34(2)17-24-44-51(66)52(33-69-52)29-39(71-44)28-48(63)55-31-37-18-21-40(22-19-37)72(67,68)59-47(62)25-20-38-12-9-10-13-41(38)57-50(65)32-56-45(60)15-8-7-11-26-54-49(64)30-53/h5-6,9-10,12-14,16-19,21-22,24,35-36,39,42-44,51,66H,7-8,11,15,20,23,25-33H2,1-4H3,(H,54,64)(H,55,63)(H,56,60)(H,57,65)(H,58,61)(H,59,62)/b14-6-,24-17+,34-16+/t35-,36+,39+,42+,43-,44+,51+,52+/m0/s1. The molecule has 72 heavy (non-hydrogen) atoms. The van der Waals surface area contributed by atoms with Crippen LogP contribution in [0.2, 0.25) is 0 Å². The van der Waals surface area contributed by atoms with Crippen molar-refractivity contribution in [2.24, 2.45) is 5.92 Å². The number of hydrogen-bond donors (Lipinski definition) is 7. The number of carbonyl (C=O) groups excluding carboxylic acids is 6. The Kier molecular flexibility index (Phi) is 22.6. The molecule has 3 aliphatic rings. The fourth-order valence-corrected chi connectivity index (χ4v) is 9.72. The predicted octanol–water partition coefficient (Wildman–Crippen LogP) is 4.52. The number of nitrogens with one attached hydrogen (secondary N) is 6. The lowest BCUT2D eigenvalue weighted by atomic mass is 9.87. The number of aliphatic hydroxyl groups is 1. The highest BCUT2D eigenvalue weighted by atomic mass is 79.9. The minimum Gasteiger partial charge on any atom is -0.387 e. The van der Waals surface area contributed by atoms with Crippen molar-refractivity contribution in [2.75, 3.05) is 30.3 Å². The van der Waals surface area contributed by atoms with Crippen LogP contribution >= 0.6 is 15.9 Å². The summed E-state index contributed by atoms with van der Waals surface area (Å²) >= 11 is 3.08. The third-order valence-electron chi connectivity index (χ3n) is 12.8. The summed E-state index contributed by atoms with van der Waals surface area (Å²) in [7, 11) is -4.23. The number of ether oxygens (including phenoxy) is 3. The van der Waals surface area contributed by atoms with Gasteiger partial charge in [-0.15, -0.1) is 0 Å². The van der Waals surface area contributed by atoms with Crippen LogP contribution in [0.1, 0.15) is 96.6 Å². The Bertz CT molecular complexity index is 2390. The molecule has 1 spiro atoms. The molecule has 0 aromatic heterocycles. The highest BCUT2D eigenvalue weighted by molar-refractivity contribution is 9.09. The van der Waals surface area contributed by atoms with Crippen LogP contribution in [0.4, 0.5) is 5.69 Å². The zero-order valence-corrected chi connectivity index (χ0v) is 43.9. The quantitative estimate of drug-likeness (QED) is 0.0226. The zero-order valence-electron chi connectivity index (χ0n) is 41.5. The summed E-state index contributed by atoms with van der Waals surface area (Å²) in [5.74, 6) is -1.82. The third-order valence-corrected chi connectivity index (χ3v) is 14.7. The lowest BCUT2D eigenvalue weighted by Gasteiger charge is -2.39. The molecule has 20 heteroatoms. The van der Waals surface area contributed by atoms with Crippen LogP contribution in [-0.2, 0) is 66.0 Å². The monoisotopic (exact) mass is 1080 g/mol. The van der Waals surface area contributed by atoms with E-state index in [9.17, 15) is 42.3 Å². The molecule has 2 aromatic rings. The molecule has 0 saturated carbocycles. The molecule has 0 unspecified atom stereocenters. The predicted molar refractivity (Wildman–Crippen MR) is 275 cm³/mol. The number of carbonyl (C=O) groups is 6. The van der Waals surface area contributed by atoms with Crippen molar-refractivity contribution in [3.63, 3.8) is 0 Å². The number of sulfonamides is 1. The maximum absolute atomic E-state index is 13.1. The molecule has 6 amide bonds. The number of epoxide rings is 1. The van der Waals surface area contributed by atoms with Gasteiger partial charge in [0.25, 0.3) is 10.0 Å². The van der Waals surface area contributed by atoms with Gasteiger partial charge >= 0.3 is 0 Å². The molecule has 0 bridgehead atoms. The minimum absolute atomic E-state index is 0.0120. The minimum atomic E-state index is -4.23. The molecule has 3 fully saturated rings. The van der Waals surface area contributed by atoms with E-state index >= 15 is 0 Å². The van der Waals surface area contributed by atoms with Gasteiger partial charge in [-0.1, -0.05) is 96.4 Å². The Morgan fingerprint density at radius 2 is 1.62 bits per heavy atom. The van der Waals surface area contributed by atoms with Crippen LogP contribution in [0, 0.1) is 12.3 Å². The van der Waals surface area contributed by atoms with Crippen molar-refractivity contribution in [1.29, 1.82) is 0 Å². The van der Waals surface area contributed by atoms with Gasteiger partial charge in [0.05, 0.1) is 54.2 Å². The van der Waals surface area contributed by atoms with Gasteiger partial charge < -0.3 is 45.9 Å². The SMILES string of the molecule is C[CH]/C=C\C(=O)N[C@@H]1C[C@H](C)[C@H](C/C=C(C)/C=C/[C@H]2O[C@H](CC(=O)NCc3ccc(S(=O)(=O)NC(=O)CCc4ccccc4NC(=O)CNC(=O)CCCCCNC(=O)CBr)cc3)C[C@@]3(CO3)[C@@H]2O)O[C@@H]1C. The van der Waals surface area contributed by atoms with Gasteiger partial charge in [0.1, 0.15) is 17.8 Å². The second-order valence-corrected chi connectivity index (χ2v) is 20.8. The van der Waals surface area contributed by atoms with E-state index in [4.69, 9.17) is 14.2 Å². The molecule has 3 aliphatic heterocycles. The van der Waals surface area contributed by atoms with Crippen molar-refractivity contribution in [3.8, 4) is 0 Å². The number of alkyl halides is 1. The second-order valence-electron chi connectivity index (χ2n) is 18.6. The normalized spacial score (nSPS) is 24.1. The first-order chi connectivity index (χ1) is 34.4. The largest absolute Gasteiger partial charge is 0.387 e. The molecular formula is C52H70BrN6O12S. The van der Waals surface area contributed by atoms with Crippen LogP contribution in [0.3, 0.4) is 0 Å². The Morgan fingerprint density at radius 1 is 0.875 bits per heavy atom. The number of benzene rings is 2. The van der Waals surface area contributed by atoms with Crippen LogP contribution in [0.5, 0.6) is 0 Å². The number of aryl methyl sites for hydroxylation is 1. The van der Waals surface area contributed by atoms with Gasteiger partial charge in [-0.05, 0) is 93.7 Å². The fraction of sp³-hybridized carbons (Fsp3) is 0.519. The first kappa shape index (κ1) is 57.6. The number of anilines is 1. The lowest BCUT2D eigenvalue weighted by Crippen LogP contribution is -2.50. The van der Waals surface area contributed by atoms with E-state index in [0.29, 0.717) is 49.2 Å². The van der Waals surface area contributed by atoms with E-state index < -0.39 is 45.8 Å². The maximum Gasteiger partial charge on any atom is 0.264 e. The van der Waals surface area contributed by atoms with Crippen molar-refractivity contribution in [2.45, 2.75) is 146 Å². The van der Waals surface area contributed by atoms with E-state index in [1.165, 1.54) is 30.3 Å². The Morgan fingerprint density at radius 3 is 2.35 bits per heavy atom. The Balaban J connectivity index is 1.02. The number of rotatable bonds is 26. The summed E-state index contributed by atoms with van der Waals surface area (Å²) in [4.78, 5) is 74.2. The van der Waals surface area contributed by atoms with Gasteiger partial charge in [0, 0.05) is 38.0 Å². The van der Waals surface area contributed by atoms with Crippen LogP contribution in [0.15, 0.2) is 89.4 Å². The molecule has 18 nitrogen and oxygen atoms in total. The van der Waals surface area contributed by atoms with Crippen molar-refractivity contribution in [1.82, 2.24) is 26.0 Å². The van der Waals surface area contributed by atoms with Crippen molar-refractivity contribution in [3.05, 3.63) is 102 Å². The van der Waals surface area contributed by atoms with Crippen LogP contribution < -0.4 is 31.3 Å². The number of aliphatic hydroxyl groups excluding tert-OH is 1. The molecule has 3 heterocycles. The fourth-order valence-electron chi connectivity index (χ4n) is 8.50. The second kappa shape index (κ2) is 28.3. The van der Waals surface area contributed by atoms with Crippen molar-refractivity contribution < 1.29 is 56.5 Å². The van der Waals surface area contributed by atoms with Gasteiger partial charge in [-0.3, -0.25) is 28.8 Å². The lowest BCUT2D eigenvalue weighted by molar-refractivity contribution is -0.145. The number of allylic oxidation sites excluding steroid dienone is 3. The van der Waals surface area contributed by atoms with E-state index in [2.05, 4.69) is 60.2 Å². The molecule has 5 rings (SSSR count). The summed E-state index contributed by atoms with van der Waals surface area (Å²) < 4.78 is 46.6. The Hall–Kier alpha value is -5.25. The Labute approximate surface area is 431 Å². The highest BCUT2D eigenvalue weighted by Crippen LogP contribution is 2.43. The van der Waals surface area contributed by atoms with Crippen LogP contribution in [-0.4, -0.2) is 116 Å².